The molecule has 2 aromatic rings. The van der Waals surface area contributed by atoms with Gasteiger partial charge in [0.2, 0.25) is 6.41 Å². The van der Waals surface area contributed by atoms with E-state index in [0.29, 0.717) is 12.8 Å². The maximum Gasteiger partial charge on any atom is 0.221 e. The number of benzene rings is 1. The zero-order chi connectivity index (χ0) is 16.4. The van der Waals surface area contributed by atoms with Crippen molar-refractivity contribution >= 4 is 35.2 Å². The molecule has 1 aromatic carbocycles. The summed E-state index contributed by atoms with van der Waals surface area (Å²) in [6.07, 6.45) is 1.12. The minimum Gasteiger partial charge on any atom is -0.387 e. The summed E-state index contributed by atoms with van der Waals surface area (Å²) in [7, 11) is 1.88. The highest BCUT2D eigenvalue weighted by Gasteiger charge is 2.12. The SMILES string of the molecule is CCc1c(F)ccc(NC)c1SCc1cccs1.NNC=O. The number of hydrogen-bond donors (Lipinski definition) is 3. The lowest BCUT2D eigenvalue weighted by Gasteiger charge is -2.13. The number of nitrogens with two attached hydrogens (primary N) is 1. The molecule has 0 bridgehead atoms. The van der Waals surface area contributed by atoms with Gasteiger partial charge in [0, 0.05) is 33.8 Å². The molecule has 1 amide bonds. The molecule has 0 radical (unpaired) electrons. The molecular formula is C15H20FN3OS2. The Balaban J connectivity index is 0.000000541. The highest BCUT2D eigenvalue weighted by Crippen LogP contribution is 2.35. The van der Waals surface area contributed by atoms with Crippen LogP contribution in [-0.4, -0.2) is 13.5 Å². The Morgan fingerprint density at radius 2 is 2.14 bits per heavy atom. The zero-order valence-electron chi connectivity index (χ0n) is 12.6. The first-order chi connectivity index (χ1) is 10.7. The summed E-state index contributed by atoms with van der Waals surface area (Å²) in [5.41, 5.74) is 3.57. The standard InChI is InChI=1S/C14H16FNS2.CH4N2O/c1-3-11-12(15)6-7-13(16-2)14(11)18-9-10-5-4-8-17-10;2-3-1-4/h4-8,16H,3,9H2,1-2H3;1H,2H2,(H,3,4). The van der Waals surface area contributed by atoms with Gasteiger partial charge in [0.25, 0.3) is 0 Å². The van der Waals surface area contributed by atoms with Crippen molar-refractivity contribution in [2.75, 3.05) is 12.4 Å². The number of carbonyl (C=O) groups is 1. The molecule has 1 heterocycles. The fraction of sp³-hybridized carbons (Fsp3) is 0.267. The quantitative estimate of drug-likeness (QED) is 0.248. The molecular weight excluding hydrogens is 321 g/mol. The van der Waals surface area contributed by atoms with E-state index in [1.165, 1.54) is 4.88 Å². The number of amides is 1. The average molecular weight is 341 g/mol. The molecule has 1 aromatic heterocycles. The fourth-order valence-electron chi connectivity index (χ4n) is 1.83. The van der Waals surface area contributed by atoms with E-state index >= 15 is 0 Å². The van der Waals surface area contributed by atoms with Crippen LogP contribution >= 0.6 is 23.1 Å². The van der Waals surface area contributed by atoms with E-state index < -0.39 is 0 Å². The molecule has 0 aliphatic heterocycles. The minimum absolute atomic E-state index is 0.106. The lowest BCUT2D eigenvalue weighted by Crippen LogP contribution is -2.18. The van der Waals surface area contributed by atoms with Crippen molar-refractivity contribution in [3.63, 3.8) is 0 Å². The van der Waals surface area contributed by atoms with E-state index in [0.717, 1.165) is 21.9 Å². The van der Waals surface area contributed by atoms with Gasteiger partial charge in [0.15, 0.2) is 0 Å². The second-order valence-electron chi connectivity index (χ2n) is 4.16. The lowest BCUT2D eigenvalue weighted by molar-refractivity contribution is -0.109. The van der Waals surface area contributed by atoms with Gasteiger partial charge in [-0.25, -0.2) is 10.2 Å². The van der Waals surface area contributed by atoms with Crippen LogP contribution in [0.2, 0.25) is 0 Å². The highest BCUT2D eigenvalue weighted by molar-refractivity contribution is 7.98. The number of rotatable bonds is 6. The predicted octanol–water partition coefficient (Wildman–Crippen LogP) is 3.39. The van der Waals surface area contributed by atoms with Crippen molar-refractivity contribution in [3.05, 3.63) is 45.9 Å². The Hall–Kier alpha value is -1.57. The maximum atomic E-state index is 13.8. The minimum atomic E-state index is -0.106. The van der Waals surface area contributed by atoms with Gasteiger partial charge in [0.05, 0.1) is 0 Å². The van der Waals surface area contributed by atoms with Crippen molar-refractivity contribution in [2.45, 2.75) is 24.0 Å². The van der Waals surface area contributed by atoms with Gasteiger partial charge in [0.1, 0.15) is 5.82 Å². The van der Waals surface area contributed by atoms with Gasteiger partial charge in [-0.15, -0.1) is 23.1 Å². The molecule has 4 nitrogen and oxygen atoms in total. The molecule has 0 spiro atoms. The van der Waals surface area contributed by atoms with Gasteiger partial charge in [-0.2, -0.15) is 0 Å². The first kappa shape index (κ1) is 18.5. The molecule has 0 saturated heterocycles. The summed E-state index contributed by atoms with van der Waals surface area (Å²) in [5.74, 6) is 5.20. The van der Waals surface area contributed by atoms with Crippen molar-refractivity contribution in [3.8, 4) is 0 Å². The Morgan fingerprint density at radius 3 is 2.64 bits per heavy atom. The average Bonchev–Trinajstić information content (AvgIpc) is 3.06. The van der Waals surface area contributed by atoms with E-state index in [2.05, 4.69) is 22.6 Å². The van der Waals surface area contributed by atoms with Crippen LogP contribution in [0, 0.1) is 5.82 Å². The van der Waals surface area contributed by atoms with Gasteiger partial charge in [-0.3, -0.25) is 10.2 Å². The van der Waals surface area contributed by atoms with Crippen LogP contribution in [0.3, 0.4) is 0 Å². The molecule has 0 aliphatic carbocycles. The number of carbonyl (C=O) groups excluding carboxylic acids is 1. The van der Waals surface area contributed by atoms with Crippen LogP contribution in [0.25, 0.3) is 0 Å². The molecule has 7 heteroatoms. The molecule has 120 valence electrons. The van der Waals surface area contributed by atoms with Crippen molar-refractivity contribution in [1.29, 1.82) is 0 Å². The number of nitrogens with one attached hydrogen (secondary N) is 2. The topological polar surface area (TPSA) is 67.2 Å². The molecule has 0 unspecified atom stereocenters. The van der Waals surface area contributed by atoms with Gasteiger partial charge >= 0.3 is 0 Å². The Morgan fingerprint density at radius 1 is 1.41 bits per heavy atom. The van der Waals surface area contributed by atoms with Crippen LogP contribution in [-0.2, 0) is 17.0 Å². The number of hydrazine groups is 1. The van der Waals surface area contributed by atoms with Gasteiger partial charge < -0.3 is 5.32 Å². The van der Waals surface area contributed by atoms with E-state index in [1.54, 1.807) is 34.6 Å². The highest BCUT2D eigenvalue weighted by atomic mass is 32.2. The van der Waals surface area contributed by atoms with Gasteiger partial charge in [-0.1, -0.05) is 13.0 Å². The number of thioether (sulfide) groups is 1. The second-order valence-corrected chi connectivity index (χ2v) is 6.18. The summed E-state index contributed by atoms with van der Waals surface area (Å²) in [5, 5.41) is 5.21. The summed E-state index contributed by atoms with van der Waals surface area (Å²) < 4.78 is 13.8. The summed E-state index contributed by atoms with van der Waals surface area (Å²) in [4.78, 5) is 11.3. The normalized spacial score (nSPS) is 9.64. The third-order valence-electron chi connectivity index (χ3n) is 2.83. The summed E-state index contributed by atoms with van der Waals surface area (Å²) >= 11 is 3.44. The Kier molecular flexibility index (Phi) is 8.57. The number of halogens is 1. The maximum absolute atomic E-state index is 13.8. The van der Waals surface area contributed by atoms with E-state index in [-0.39, 0.29) is 5.82 Å². The van der Waals surface area contributed by atoms with Crippen LogP contribution in [0.1, 0.15) is 17.4 Å². The van der Waals surface area contributed by atoms with Crippen LogP contribution in [0.5, 0.6) is 0 Å². The summed E-state index contributed by atoms with van der Waals surface area (Å²) in [6.45, 7) is 1.99. The van der Waals surface area contributed by atoms with Crippen molar-refractivity contribution in [1.82, 2.24) is 5.43 Å². The van der Waals surface area contributed by atoms with Crippen LogP contribution in [0.4, 0.5) is 10.1 Å². The van der Waals surface area contributed by atoms with Crippen molar-refractivity contribution < 1.29 is 9.18 Å². The monoisotopic (exact) mass is 341 g/mol. The largest absolute Gasteiger partial charge is 0.387 e. The van der Waals surface area contributed by atoms with Crippen molar-refractivity contribution in [2.24, 2.45) is 5.84 Å². The predicted molar refractivity (Wildman–Crippen MR) is 92.6 cm³/mol. The number of hydrogen-bond acceptors (Lipinski definition) is 5. The molecule has 22 heavy (non-hydrogen) atoms. The van der Waals surface area contributed by atoms with E-state index in [9.17, 15) is 4.39 Å². The first-order valence-corrected chi connectivity index (χ1v) is 8.58. The summed E-state index contributed by atoms with van der Waals surface area (Å²) in [6, 6.07) is 7.51. The fourth-order valence-corrected chi connectivity index (χ4v) is 3.90. The first-order valence-electron chi connectivity index (χ1n) is 6.71. The smallest absolute Gasteiger partial charge is 0.221 e. The molecule has 0 aliphatic rings. The lowest BCUT2D eigenvalue weighted by atomic mass is 10.1. The molecule has 0 atom stereocenters. The molecule has 0 fully saturated rings. The molecule has 0 saturated carbocycles. The molecule has 2 rings (SSSR count). The number of thiophene rings is 1. The third-order valence-corrected chi connectivity index (χ3v) is 5.10. The zero-order valence-corrected chi connectivity index (χ0v) is 14.2. The third kappa shape index (κ3) is 5.32. The Bertz CT molecular complexity index is 576. The van der Waals surface area contributed by atoms with E-state index in [1.807, 2.05) is 26.1 Å². The van der Waals surface area contributed by atoms with Crippen LogP contribution in [0.15, 0.2) is 34.5 Å². The second kappa shape index (κ2) is 10.2. The van der Waals surface area contributed by atoms with E-state index in [4.69, 9.17) is 4.79 Å². The Labute approximate surface area is 138 Å². The molecule has 4 N–H and O–H groups in total. The number of anilines is 1. The van der Waals surface area contributed by atoms with Crippen LogP contribution < -0.4 is 16.6 Å². The van der Waals surface area contributed by atoms with Gasteiger partial charge in [-0.05, 0) is 30.0 Å².